The third-order valence-corrected chi connectivity index (χ3v) is 8.55. The molecule has 4 atom stereocenters. The third-order valence-electron chi connectivity index (χ3n) is 6.89. The third kappa shape index (κ3) is 4.86. The Labute approximate surface area is 224 Å². The van der Waals surface area contributed by atoms with Crippen LogP contribution in [0.2, 0.25) is 0 Å². The van der Waals surface area contributed by atoms with E-state index in [0.29, 0.717) is 40.7 Å². The van der Waals surface area contributed by atoms with Gasteiger partial charge in [-0.05, 0) is 43.2 Å². The van der Waals surface area contributed by atoms with Crippen molar-refractivity contribution in [3.8, 4) is 5.75 Å². The van der Waals surface area contributed by atoms with Crippen molar-refractivity contribution in [2.75, 3.05) is 24.8 Å². The van der Waals surface area contributed by atoms with Gasteiger partial charge in [0, 0.05) is 30.0 Å². The Hall–Kier alpha value is -3.87. The number of amides is 1. The monoisotopic (exact) mass is 551 g/mol. The summed E-state index contributed by atoms with van der Waals surface area (Å²) < 4.78 is 50.6. The van der Waals surface area contributed by atoms with Gasteiger partial charge in [0.1, 0.15) is 29.5 Å². The second-order valence-electron chi connectivity index (χ2n) is 9.50. The van der Waals surface area contributed by atoms with Crippen molar-refractivity contribution in [3.05, 3.63) is 78.0 Å². The molecule has 0 spiro atoms. The molecule has 4 heterocycles. The number of aryl methyl sites for hydroxylation is 1. The number of carbonyl (C=O) groups excluding carboxylic acids is 1. The lowest BCUT2D eigenvalue weighted by molar-refractivity contribution is 0.0310. The van der Waals surface area contributed by atoms with Gasteiger partial charge in [-0.1, -0.05) is 18.2 Å². The first-order valence-electron chi connectivity index (χ1n) is 12.4. The van der Waals surface area contributed by atoms with Gasteiger partial charge in [-0.25, -0.2) is 18.1 Å². The van der Waals surface area contributed by atoms with Gasteiger partial charge in [-0.15, -0.1) is 0 Å². The van der Waals surface area contributed by atoms with Crippen molar-refractivity contribution in [3.63, 3.8) is 0 Å². The van der Waals surface area contributed by atoms with Crippen molar-refractivity contribution >= 4 is 32.7 Å². The molecule has 0 aliphatic carbocycles. The Kier molecular flexibility index (Phi) is 6.53. The second-order valence-corrected chi connectivity index (χ2v) is 11.8. The smallest absolute Gasteiger partial charge is 0.287 e. The van der Waals surface area contributed by atoms with Crippen molar-refractivity contribution in [1.82, 2.24) is 14.6 Å². The van der Waals surface area contributed by atoms with Crippen LogP contribution < -0.4 is 10.1 Å². The van der Waals surface area contributed by atoms with Crippen LogP contribution in [-0.2, 0) is 19.2 Å². The lowest BCUT2D eigenvalue weighted by Crippen LogP contribution is -2.32. The van der Waals surface area contributed by atoms with E-state index in [0.717, 1.165) is 6.42 Å². The van der Waals surface area contributed by atoms with Gasteiger partial charge in [0.25, 0.3) is 5.91 Å². The predicted octanol–water partition coefficient (Wildman–Crippen LogP) is 4.15. The molecule has 12 heteroatoms. The maximum atomic E-state index is 14.2. The zero-order valence-electron chi connectivity index (χ0n) is 21.2. The number of ether oxygens (including phenoxy) is 3. The molecular formula is C27H26FN5O5S. The van der Waals surface area contributed by atoms with Gasteiger partial charge in [-0.2, -0.15) is 9.46 Å². The fourth-order valence-electron chi connectivity index (χ4n) is 4.92. The highest BCUT2D eigenvalue weighted by Gasteiger charge is 2.43. The summed E-state index contributed by atoms with van der Waals surface area (Å²) in [6.07, 6.45) is 4.49. The van der Waals surface area contributed by atoms with E-state index in [2.05, 4.69) is 19.8 Å². The van der Waals surface area contributed by atoms with Crippen LogP contribution in [0.4, 0.5) is 15.9 Å². The van der Waals surface area contributed by atoms with Crippen LogP contribution in [0.3, 0.4) is 0 Å². The van der Waals surface area contributed by atoms with Crippen molar-refractivity contribution in [2.24, 2.45) is 4.36 Å². The molecule has 2 aromatic carbocycles. The van der Waals surface area contributed by atoms with E-state index in [1.807, 2.05) is 0 Å². The molecule has 0 unspecified atom stereocenters. The number of nitrogens with zero attached hydrogens (tertiary/aromatic N) is 4. The molecule has 2 saturated heterocycles. The molecule has 0 saturated carbocycles. The summed E-state index contributed by atoms with van der Waals surface area (Å²) in [4.78, 5) is 18.0. The number of rotatable bonds is 6. The molecule has 202 valence electrons. The molecule has 1 amide bonds. The van der Waals surface area contributed by atoms with E-state index >= 15 is 0 Å². The molecule has 2 fully saturated rings. The summed E-state index contributed by atoms with van der Waals surface area (Å²) >= 11 is 0. The highest BCUT2D eigenvalue weighted by molar-refractivity contribution is 7.93. The standard InChI is InChI=1S/C27H26FN5O5S/c1-16-19(27(34)32-39(2,35)18-6-4-3-5-7-18)13-33-24(16)26(29-15-30-33)31-20-9-8-17(28)12-22(20)38-23-14-37-21-10-11-36-25(21)23/h3-9,12-13,15,21,23,25H,10-11,14H2,1-2H3,(H,29,30,31)/t21-,23-,25+,39-/m1/s1. The molecular weight excluding hydrogens is 525 g/mol. The minimum absolute atomic E-state index is 0.0223. The molecule has 6 rings (SSSR count). The van der Waals surface area contributed by atoms with Crippen molar-refractivity contribution in [2.45, 2.75) is 36.6 Å². The fraction of sp³-hybridized carbons (Fsp3) is 0.296. The Morgan fingerprint density at radius 2 is 2.05 bits per heavy atom. The van der Waals surface area contributed by atoms with Gasteiger partial charge in [0.05, 0.1) is 33.7 Å². The second kappa shape index (κ2) is 10.0. The molecule has 4 aromatic rings. The fourth-order valence-corrected chi connectivity index (χ4v) is 6.10. The van der Waals surface area contributed by atoms with Crippen LogP contribution >= 0.6 is 0 Å². The number of fused-ring (bicyclic) bond motifs is 2. The minimum Gasteiger partial charge on any atom is -0.483 e. The first kappa shape index (κ1) is 25.4. The number of hydrogen-bond acceptors (Lipinski definition) is 8. The van der Waals surface area contributed by atoms with Crippen LogP contribution in [0.5, 0.6) is 5.75 Å². The van der Waals surface area contributed by atoms with Crippen LogP contribution in [0.15, 0.2) is 70.3 Å². The maximum absolute atomic E-state index is 14.2. The largest absolute Gasteiger partial charge is 0.483 e. The summed E-state index contributed by atoms with van der Waals surface area (Å²) in [5, 5.41) is 7.43. The first-order chi connectivity index (χ1) is 18.8. The Morgan fingerprint density at radius 3 is 2.87 bits per heavy atom. The Bertz CT molecular complexity index is 1680. The van der Waals surface area contributed by atoms with Crippen LogP contribution in [0.25, 0.3) is 5.52 Å². The number of benzene rings is 2. The topological polar surface area (TPSA) is 116 Å². The molecule has 1 N–H and O–H groups in total. The quantitative estimate of drug-likeness (QED) is 0.380. The number of nitrogens with one attached hydrogen (secondary N) is 1. The van der Waals surface area contributed by atoms with Crippen LogP contribution in [0.1, 0.15) is 22.3 Å². The lowest BCUT2D eigenvalue weighted by Gasteiger charge is -2.20. The van der Waals surface area contributed by atoms with E-state index in [1.165, 1.54) is 35.4 Å². The molecule has 0 bridgehead atoms. The number of aromatic nitrogens is 3. The summed E-state index contributed by atoms with van der Waals surface area (Å²) in [5.74, 6) is -0.434. The molecule has 2 aromatic heterocycles. The molecule has 0 radical (unpaired) electrons. The Morgan fingerprint density at radius 1 is 1.23 bits per heavy atom. The van der Waals surface area contributed by atoms with E-state index in [1.54, 1.807) is 43.3 Å². The Balaban J connectivity index is 1.33. The molecule has 2 aliphatic rings. The number of carbonyl (C=O) groups is 1. The van der Waals surface area contributed by atoms with E-state index in [-0.39, 0.29) is 29.6 Å². The number of anilines is 2. The lowest BCUT2D eigenvalue weighted by atomic mass is 10.1. The average Bonchev–Trinajstić information content (AvgIpc) is 3.62. The summed E-state index contributed by atoms with van der Waals surface area (Å²) in [7, 11) is -2.96. The van der Waals surface area contributed by atoms with E-state index in [9.17, 15) is 13.4 Å². The summed E-state index contributed by atoms with van der Waals surface area (Å²) in [6.45, 7) is 2.68. The summed E-state index contributed by atoms with van der Waals surface area (Å²) in [6, 6.07) is 12.8. The summed E-state index contributed by atoms with van der Waals surface area (Å²) in [5.41, 5.74) is 1.77. The predicted molar refractivity (Wildman–Crippen MR) is 141 cm³/mol. The number of hydrogen-bond donors (Lipinski definition) is 1. The molecule has 39 heavy (non-hydrogen) atoms. The van der Waals surface area contributed by atoms with Gasteiger partial charge < -0.3 is 19.5 Å². The average molecular weight is 552 g/mol. The molecule has 2 aliphatic heterocycles. The number of halogens is 1. The zero-order chi connectivity index (χ0) is 27.1. The maximum Gasteiger partial charge on any atom is 0.287 e. The first-order valence-corrected chi connectivity index (χ1v) is 14.3. The minimum atomic E-state index is -2.96. The van der Waals surface area contributed by atoms with Crippen LogP contribution in [0, 0.1) is 12.7 Å². The zero-order valence-corrected chi connectivity index (χ0v) is 22.1. The van der Waals surface area contributed by atoms with Gasteiger partial charge in [0.15, 0.2) is 11.9 Å². The van der Waals surface area contributed by atoms with Crippen molar-refractivity contribution in [1.29, 1.82) is 0 Å². The van der Waals surface area contributed by atoms with E-state index < -0.39 is 21.5 Å². The highest BCUT2D eigenvalue weighted by atomic mass is 32.2. The van der Waals surface area contributed by atoms with Crippen LogP contribution in [-0.4, -0.2) is 62.5 Å². The highest BCUT2D eigenvalue weighted by Crippen LogP contribution is 2.35. The van der Waals surface area contributed by atoms with Gasteiger partial charge in [-0.3, -0.25) is 4.79 Å². The SMILES string of the molecule is Cc1c(C(=O)N=[S@](C)(=O)c2ccccc2)cn2ncnc(Nc3ccc(F)cc3O[C@@H]3CO[C@@H]4CCO[C@@H]43)c12. The van der Waals surface area contributed by atoms with E-state index in [4.69, 9.17) is 14.2 Å². The normalized spacial score (nSPS) is 21.9. The van der Waals surface area contributed by atoms with Gasteiger partial charge in [0.2, 0.25) is 0 Å². The van der Waals surface area contributed by atoms with Crippen molar-refractivity contribution < 1.29 is 27.6 Å². The molecule has 10 nitrogen and oxygen atoms in total. The van der Waals surface area contributed by atoms with Gasteiger partial charge >= 0.3 is 0 Å².